The number of nitrogen functional groups attached to an aromatic ring is 1. The van der Waals surface area contributed by atoms with Gasteiger partial charge in [-0.25, -0.2) is 4.39 Å². The first-order valence-corrected chi connectivity index (χ1v) is 6.99. The zero-order valence-electron chi connectivity index (χ0n) is 11.3. The van der Waals surface area contributed by atoms with Gasteiger partial charge in [0.05, 0.1) is 10.2 Å². The minimum absolute atomic E-state index is 0.130. The first kappa shape index (κ1) is 15.3. The number of hydrogen-bond acceptors (Lipinski definition) is 3. The van der Waals surface area contributed by atoms with Crippen molar-refractivity contribution >= 4 is 33.2 Å². The van der Waals surface area contributed by atoms with Crippen LogP contribution in [0.15, 0.2) is 40.9 Å². The number of amides is 1. The Morgan fingerprint density at radius 3 is 2.81 bits per heavy atom. The predicted octanol–water partition coefficient (Wildman–Crippen LogP) is 3.50. The van der Waals surface area contributed by atoms with Crippen molar-refractivity contribution in [1.29, 1.82) is 0 Å². The van der Waals surface area contributed by atoms with E-state index in [0.29, 0.717) is 10.2 Å². The highest BCUT2D eigenvalue weighted by atomic mass is 79.9. The van der Waals surface area contributed by atoms with E-state index in [-0.39, 0.29) is 24.0 Å². The number of hydrogen-bond donors (Lipinski definition) is 2. The van der Waals surface area contributed by atoms with Crippen molar-refractivity contribution in [1.82, 2.24) is 0 Å². The minimum atomic E-state index is -0.476. The number of nitrogens with two attached hydrogens (primary N) is 1. The molecule has 2 aromatic rings. The van der Waals surface area contributed by atoms with E-state index >= 15 is 0 Å². The van der Waals surface area contributed by atoms with Crippen LogP contribution in [0, 0.1) is 12.7 Å². The maximum atomic E-state index is 13.1. The van der Waals surface area contributed by atoms with Gasteiger partial charge in [0.25, 0.3) is 5.91 Å². The molecule has 0 spiro atoms. The van der Waals surface area contributed by atoms with Crippen LogP contribution in [0.4, 0.5) is 15.8 Å². The number of anilines is 2. The summed E-state index contributed by atoms with van der Waals surface area (Å²) in [6.45, 7) is 1.71. The second-order valence-electron chi connectivity index (χ2n) is 4.51. The van der Waals surface area contributed by atoms with Crippen molar-refractivity contribution < 1.29 is 13.9 Å². The van der Waals surface area contributed by atoms with E-state index < -0.39 is 5.82 Å². The maximum absolute atomic E-state index is 13.1. The van der Waals surface area contributed by atoms with Gasteiger partial charge in [0, 0.05) is 11.8 Å². The van der Waals surface area contributed by atoms with Gasteiger partial charge in [0.15, 0.2) is 12.4 Å². The third-order valence-electron chi connectivity index (χ3n) is 2.69. The van der Waals surface area contributed by atoms with Crippen molar-refractivity contribution in [3.8, 4) is 5.75 Å². The molecule has 2 rings (SSSR count). The molecule has 0 aliphatic rings. The number of ether oxygens (including phenoxy) is 1. The highest BCUT2D eigenvalue weighted by Crippen LogP contribution is 2.32. The first-order valence-electron chi connectivity index (χ1n) is 6.19. The molecule has 1 amide bonds. The predicted molar refractivity (Wildman–Crippen MR) is 83.8 cm³/mol. The molecule has 0 aliphatic carbocycles. The monoisotopic (exact) mass is 352 g/mol. The summed E-state index contributed by atoms with van der Waals surface area (Å²) in [5.41, 5.74) is 7.51. The quantitative estimate of drug-likeness (QED) is 0.827. The fourth-order valence-corrected chi connectivity index (χ4v) is 2.35. The Hall–Kier alpha value is -2.08. The van der Waals surface area contributed by atoms with E-state index in [1.165, 1.54) is 6.07 Å². The lowest BCUT2D eigenvalue weighted by Gasteiger charge is -2.11. The standard InChI is InChI=1S/C15H14BrFN2O2/c1-9-3-2-4-11(5-9)19-14(20)8-21-15-12(16)6-10(17)7-13(15)18/h2-7H,8,18H2,1H3,(H,19,20). The van der Waals surface area contributed by atoms with E-state index in [9.17, 15) is 9.18 Å². The highest BCUT2D eigenvalue weighted by Gasteiger charge is 2.11. The van der Waals surface area contributed by atoms with Crippen molar-refractivity contribution in [3.05, 3.63) is 52.3 Å². The summed E-state index contributed by atoms with van der Waals surface area (Å²) in [6, 6.07) is 9.78. The lowest BCUT2D eigenvalue weighted by molar-refractivity contribution is -0.118. The van der Waals surface area contributed by atoms with Crippen LogP contribution in [-0.4, -0.2) is 12.5 Å². The van der Waals surface area contributed by atoms with Crippen molar-refractivity contribution in [3.63, 3.8) is 0 Å². The first-order chi connectivity index (χ1) is 9.95. The zero-order valence-corrected chi connectivity index (χ0v) is 12.9. The largest absolute Gasteiger partial charge is 0.480 e. The molecule has 21 heavy (non-hydrogen) atoms. The molecule has 110 valence electrons. The van der Waals surface area contributed by atoms with Crippen LogP contribution in [0.2, 0.25) is 0 Å². The topological polar surface area (TPSA) is 64.3 Å². The molecule has 0 radical (unpaired) electrons. The Bertz CT molecular complexity index is 653. The maximum Gasteiger partial charge on any atom is 0.262 e. The van der Waals surface area contributed by atoms with E-state index in [4.69, 9.17) is 10.5 Å². The number of carbonyl (C=O) groups is 1. The van der Waals surface area contributed by atoms with Crippen LogP contribution >= 0.6 is 15.9 Å². The van der Waals surface area contributed by atoms with Crippen LogP contribution < -0.4 is 15.8 Å². The van der Waals surface area contributed by atoms with Crippen molar-refractivity contribution in [2.75, 3.05) is 17.7 Å². The Morgan fingerprint density at radius 2 is 2.14 bits per heavy atom. The van der Waals surface area contributed by atoms with Gasteiger partial charge >= 0.3 is 0 Å². The van der Waals surface area contributed by atoms with Crippen LogP contribution in [0.3, 0.4) is 0 Å². The number of carbonyl (C=O) groups excluding carboxylic acids is 1. The number of halogens is 2. The van der Waals surface area contributed by atoms with E-state index in [1.54, 1.807) is 6.07 Å². The summed E-state index contributed by atoms with van der Waals surface area (Å²) in [5, 5.41) is 2.71. The van der Waals surface area contributed by atoms with Gasteiger partial charge in [0.2, 0.25) is 0 Å². The summed E-state index contributed by atoms with van der Waals surface area (Å²) in [6.07, 6.45) is 0. The molecule has 0 unspecified atom stereocenters. The van der Waals surface area contributed by atoms with E-state index in [0.717, 1.165) is 11.6 Å². The van der Waals surface area contributed by atoms with Crippen molar-refractivity contribution in [2.24, 2.45) is 0 Å². The van der Waals surface area contributed by atoms with Crippen LogP contribution in [0.25, 0.3) is 0 Å². The molecule has 0 aliphatic heterocycles. The number of aryl methyl sites for hydroxylation is 1. The Labute approximate surface area is 130 Å². The lowest BCUT2D eigenvalue weighted by atomic mass is 10.2. The van der Waals surface area contributed by atoms with Crippen LogP contribution in [0.1, 0.15) is 5.56 Å². The smallest absolute Gasteiger partial charge is 0.262 e. The molecule has 0 heterocycles. The summed E-state index contributed by atoms with van der Waals surface area (Å²) >= 11 is 3.15. The molecule has 3 N–H and O–H groups in total. The summed E-state index contributed by atoms with van der Waals surface area (Å²) in [4.78, 5) is 11.8. The molecule has 2 aromatic carbocycles. The van der Waals surface area contributed by atoms with E-state index in [1.807, 2.05) is 25.1 Å². The average Bonchev–Trinajstić information content (AvgIpc) is 2.37. The van der Waals surface area contributed by atoms with Gasteiger partial charge in [-0.15, -0.1) is 0 Å². The molecular weight excluding hydrogens is 339 g/mol. The molecule has 0 fully saturated rings. The van der Waals surface area contributed by atoms with Gasteiger partial charge < -0.3 is 15.8 Å². The van der Waals surface area contributed by atoms with Crippen LogP contribution in [0.5, 0.6) is 5.75 Å². The lowest BCUT2D eigenvalue weighted by Crippen LogP contribution is -2.20. The Kier molecular flexibility index (Phi) is 4.80. The Morgan fingerprint density at radius 1 is 1.38 bits per heavy atom. The number of benzene rings is 2. The molecule has 0 aromatic heterocycles. The molecule has 0 atom stereocenters. The van der Waals surface area contributed by atoms with Gasteiger partial charge in [-0.05, 0) is 46.6 Å². The van der Waals surface area contributed by atoms with Gasteiger partial charge in [-0.2, -0.15) is 0 Å². The normalized spacial score (nSPS) is 10.2. The zero-order chi connectivity index (χ0) is 15.4. The molecular formula is C15H14BrFN2O2. The number of nitrogens with one attached hydrogen (secondary N) is 1. The number of rotatable bonds is 4. The summed E-state index contributed by atoms with van der Waals surface area (Å²) in [7, 11) is 0. The molecule has 0 saturated heterocycles. The average molecular weight is 353 g/mol. The Balaban J connectivity index is 1.99. The fraction of sp³-hybridized carbons (Fsp3) is 0.133. The third kappa shape index (κ3) is 4.19. The fourth-order valence-electron chi connectivity index (χ4n) is 1.79. The molecule has 0 bridgehead atoms. The summed E-state index contributed by atoms with van der Waals surface area (Å²) in [5.74, 6) is -0.553. The SMILES string of the molecule is Cc1cccc(NC(=O)COc2c(N)cc(F)cc2Br)c1. The minimum Gasteiger partial charge on any atom is -0.480 e. The third-order valence-corrected chi connectivity index (χ3v) is 3.28. The molecule has 4 nitrogen and oxygen atoms in total. The van der Waals surface area contributed by atoms with Gasteiger partial charge in [0.1, 0.15) is 5.82 Å². The van der Waals surface area contributed by atoms with Crippen LogP contribution in [-0.2, 0) is 4.79 Å². The second-order valence-corrected chi connectivity index (χ2v) is 5.37. The van der Waals surface area contributed by atoms with E-state index in [2.05, 4.69) is 21.2 Å². The summed E-state index contributed by atoms with van der Waals surface area (Å²) < 4.78 is 18.8. The second kappa shape index (κ2) is 6.58. The molecule has 6 heteroatoms. The van der Waals surface area contributed by atoms with Crippen molar-refractivity contribution in [2.45, 2.75) is 6.92 Å². The molecule has 0 saturated carbocycles. The van der Waals surface area contributed by atoms with Gasteiger partial charge in [-0.3, -0.25) is 4.79 Å². The highest BCUT2D eigenvalue weighted by molar-refractivity contribution is 9.10. The van der Waals surface area contributed by atoms with Gasteiger partial charge in [-0.1, -0.05) is 12.1 Å².